The fourth-order valence-electron chi connectivity index (χ4n) is 2.43. The average Bonchev–Trinajstić information content (AvgIpc) is 3.08. The Morgan fingerprint density at radius 1 is 1.00 bits per heavy atom. The van der Waals surface area contributed by atoms with Crippen molar-refractivity contribution in [2.45, 2.75) is 32.8 Å². The van der Waals surface area contributed by atoms with Gasteiger partial charge in [-0.15, -0.1) is 0 Å². The number of hydrogen-bond donors (Lipinski definition) is 0. The zero-order chi connectivity index (χ0) is 17.4. The first kappa shape index (κ1) is 17.8. The molecule has 2 amide bonds. The van der Waals surface area contributed by atoms with Crippen LogP contribution in [0.2, 0.25) is 0 Å². The van der Waals surface area contributed by atoms with E-state index in [1.54, 1.807) is 6.92 Å². The van der Waals surface area contributed by atoms with E-state index >= 15 is 0 Å². The average molecular weight is 334 g/mol. The fourth-order valence-corrected chi connectivity index (χ4v) is 2.43. The molecule has 0 bridgehead atoms. The highest BCUT2D eigenvalue weighted by Gasteiger charge is 2.31. The molecule has 7 heteroatoms. The fraction of sp³-hybridized carbons (Fsp3) is 0.471. The van der Waals surface area contributed by atoms with Crippen molar-refractivity contribution < 1.29 is 23.9 Å². The highest BCUT2D eigenvalue weighted by Crippen LogP contribution is 2.15. The molecular weight excluding hydrogens is 312 g/mol. The lowest BCUT2D eigenvalue weighted by Gasteiger charge is -2.27. The second kappa shape index (κ2) is 8.90. The Balaban J connectivity index is 1.83. The number of amides is 2. The van der Waals surface area contributed by atoms with Crippen LogP contribution in [0.15, 0.2) is 30.3 Å². The number of carbonyl (C=O) groups is 3. The van der Waals surface area contributed by atoms with Crippen molar-refractivity contribution >= 4 is 18.0 Å². The van der Waals surface area contributed by atoms with E-state index in [-0.39, 0.29) is 32.0 Å². The molecule has 1 aromatic rings. The van der Waals surface area contributed by atoms with Crippen LogP contribution in [0.5, 0.6) is 0 Å². The predicted molar refractivity (Wildman–Crippen MR) is 85.5 cm³/mol. The number of ether oxygens (including phenoxy) is 2. The van der Waals surface area contributed by atoms with Crippen LogP contribution in [0.4, 0.5) is 4.79 Å². The summed E-state index contributed by atoms with van der Waals surface area (Å²) in [5.74, 6) is -0.694. The lowest BCUT2D eigenvalue weighted by molar-refractivity contribution is -0.148. The normalized spacial score (nSPS) is 13.7. The monoisotopic (exact) mass is 334 g/mol. The van der Waals surface area contributed by atoms with E-state index in [2.05, 4.69) is 0 Å². The van der Waals surface area contributed by atoms with Crippen molar-refractivity contribution in [1.82, 2.24) is 10.0 Å². The van der Waals surface area contributed by atoms with Gasteiger partial charge in [-0.2, -0.15) is 0 Å². The second-order valence-corrected chi connectivity index (χ2v) is 5.34. The summed E-state index contributed by atoms with van der Waals surface area (Å²) < 4.78 is 10.1. The molecule has 0 unspecified atom stereocenters. The third-order valence-electron chi connectivity index (χ3n) is 3.58. The van der Waals surface area contributed by atoms with Gasteiger partial charge in [0.25, 0.3) is 0 Å². The molecule has 1 fully saturated rings. The number of carbonyl (C=O) groups excluding carboxylic acids is 3. The smallest absolute Gasteiger partial charge is 0.429 e. The summed E-state index contributed by atoms with van der Waals surface area (Å²) in [4.78, 5) is 35.7. The summed E-state index contributed by atoms with van der Waals surface area (Å²) in [5, 5.41) is 2.66. The Hall–Kier alpha value is -2.57. The van der Waals surface area contributed by atoms with Gasteiger partial charge in [0.1, 0.15) is 6.61 Å². The van der Waals surface area contributed by atoms with E-state index in [0.29, 0.717) is 19.5 Å². The van der Waals surface area contributed by atoms with Gasteiger partial charge in [0.15, 0.2) is 0 Å². The van der Waals surface area contributed by atoms with Crippen LogP contribution < -0.4 is 0 Å². The van der Waals surface area contributed by atoms with Crippen LogP contribution in [0.3, 0.4) is 0 Å². The van der Waals surface area contributed by atoms with Gasteiger partial charge >= 0.3 is 12.1 Å². The lowest BCUT2D eigenvalue weighted by Crippen LogP contribution is -2.45. The zero-order valence-corrected chi connectivity index (χ0v) is 13.8. The van der Waals surface area contributed by atoms with Gasteiger partial charge < -0.3 is 9.47 Å². The van der Waals surface area contributed by atoms with Gasteiger partial charge in [-0.25, -0.2) is 14.8 Å². The molecule has 0 N–H and O–H groups in total. The zero-order valence-electron chi connectivity index (χ0n) is 13.8. The molecule has 1 heterocycles. The van der Waals surface area contributed by atoms with Crippen molar-refractivity contribution in [3.05, 3.63) is 35.9 Å². The maximum atomic E-state index is 12.2. The third kappa shape index (κ3) is 4.97. The van der Waals surface area contributed by atoms with Gasteiger partial charge in [-0.1, -0.05) is 30.3 Å². The molecule has 0 aliphatic carbocycles. The first-order valence-electron chi connectivity index (χ1n) is 8.06. The molecule has 1 saturated heterocycles. The maximum Gasteiger partial charge on any atom is 0.429 e. The highest BCUT2D eigenvalue weighted by atomic mass is 16.6. The van der Waals surface area contributed by atoms with Crippen LogP contribution in [0, 0.1) is 0 Å². The molecule has 0 spiro atoms. The van der Waals surface area contributed by atoms with E-state index in [1.165, 1.54) is 10.0 Å². The SMILES string of the molecule is CCOC(=O)CCC(=O)N1CCCN1C(=O)OCc1ccccc1. The maximum absolute atomic E-state index is 12.2. The largest absolute Gasteiger partial charge is 0.466 e. The van der Waals surface area contributed by atoms with Crippen molar-refractivity contribution in [1.29, 1.82) is 0 Å². The first-order chi connectivity index (χ1) is 11.6. The van der Waals surface area contributed by atoms with Gasteiger partial charge in [0.05, 0.1) is 13.0 Å². The van der Waals surface area contributed by atoms with Crippen LogP contribution in [0.1, 0.15) is 31.7 Å². The molecule has 1 aromatic carbocycles. The van der Waals surface area contributed by atoms with Crippen molar-refractivity contribution in [2.24, 2.45) is 0 Å². The van der Waals surface area contributed by atoms with Crippen molar-refractivity contribution in [3.63, 3.8) is 0 Å². The molecule has 7 nitrogen and oxygen atoms in total. The van der Waals surface area contributed by atoms with Crippen molar-refractivity contribution in [3.8, 4) is 0 Å². The minimum absolute atomic E-state index is 0.01000. The van der Waals surface area contributed by atoms with E-state index in [1.807, 2.05) is 30.3 Å². The summed E-state index contributed by atoms with van der Waals surface area (Å²) in [6, 6.07) is 9.34. The summed E-state index contributed by atoms with van der Waals surface area (Å²) in [6.45, 7) is 3.03. The summed E-state index contributed by atoms with van der Waals surface area (Å²) in [5.41, 5.74) is 0.880. The van der Waals surface area contributed by atoms with E-state index in [0.717, 1.165) is 5.56 Å². The summed E-state index contributed by atoms with van der Waals surface area (Å²) >= 11 is 0. The number of rotatable bonds is 6. The molecule has 0 saturated carbocycles. The topological polar surface area (TPSA) is 76.2 Å². The molecule has 1 aliphatic rings. The molecule has 0 atom stereocenters. The first-order valence-corrected chi connectivity index (χ1v) is 8.06. The number of hydrazine groups is 1. The number of nitrogens with zero attached hydrogens (tertiary/aromatic N) is 2. The van der Waals surface area contributed by atoms with Crippen LogP contribution in [0.25, 0.3) is 0 Å². The van der Waals surface area contributed by atoms with E-state index in [4.69, 9.17) is 9.47 Å². The Bertz CT molecular complexity index is 576. The molecule has 24 heavy (non-hydrogen) atoms. The summed E-state index contributed by atoms with van der Waals surface area (Å²) in [7, 11) is 0. The molecule has 130 valence electrons. The highest BCUT2D eigenvalue weighted by molar-refractivity contribution is 5.83. The quantitative estimate of drug-likeness (QED) is 0.745. The Labute approximate surface area is 141 Å². The third-order valence-corrected chi connectivity index (χ3v) is 3.58. The molecule has 0 aromatic heterocycles. The van der Waals surface area contributed by atoms with Crippen LogP contribution >= 0.6 is 0 Å². The van der Waals surface area contributed by atoms with Gasteiger partial charge in [0.2, 0.25) is 5.91 Å². The second-order valence-electron chi connectivity index (χ2n) is 5.34. The molecule has 2 rings (SSSR count). The molecule has 1 aliphatic heterocycles. The number of esters is 1. The molecule has 0 radical (unpaired) electrons. The number of benzene rings is 1. The summed E-state index contributed by atoms with van der Waals surface area (Å²) in [6.07, 6.45) is 0.156. The van der Waals surface area contributed by atoms with Crippen LogP contribution in [-0.4, -0.2) is 47.7 Å². The van der Waals surface area contributed by atoms with Gasteiger partial charge in [-0.05, 0) is 18.9 Å². The predicted octanol–water partition coefficient (Wildman–Crippen LogP) is 2.12. The van der Waals surface area contributed by atoms with Gasteiger partial charge in [-0.3, -0.25) is 9.59 Å². The minimum atomic E-state index is -0.555. The molecular formula is C17H22N2O5. The standard InChI is InChI=1S/C17H22N2O5/c1-2-23-16(21)10-9-15(20)18-11-6-12-19(18)17(22)24-13-14-7-4-3-5-8-14/h3-5,7-8H,2,6,9-13H2,1H3. The Kier molecular flexibility index (Phi) is 6.60. The van der Waals surface area contributed by atoms with E-state index < -0.39 is 12.1 Å². The number of hydrogen-bond acceptors (Lipinski definition) is 5. The Morgan fingerprint density at radius 3 is 2.42 bits per heavy atom. The van der Waals surface area contributed by atoms with Gasteiger partial charge in [0, 0.05) is 19.5 Å². The van der Waals surface area contributed by atoms with Crippen molar-refractivity contribution in [2.75, 3.05) is 19.7 Å². The Morgan fingerprint density at radius 2 is 1.71 bits per heavy atom. The van der Waals surface area contributed by atoms with E-state index in [9.17, 15) is 14.4 Å². The lowest BCUT2D eigenvalue weighted by atomic mass is 10.2. The van der Waals surface area contributed by atoms with Crippen LogP contribution in [-0.2, 0) is 25.7 Å². The minimum Gasteiger partial charge on any atom is -0.466 e.